The van der Waals surface area contributed by atoms with Crippen LogP contribution in [0, 0.1) is 0 Å². The van der Waals surface area contributed by atoms with Crippen molar-refractivity contribution < 1.29 is 0 Å². The van der Waals surface area contributed by atoms with Gasteiger partial charge in [-0.25, -0.2) is 15.0 Å². The van der Waals surface area contributed by atoms with Gasteiger partial charge >= 0.3 is 0 Å². The SMILES string of the molecule is Nc1c(Nc2cccnc2Cl)ncnc1N1CCN(Cc2ccccc2)CC1. The van der Waals surface area contributed by atoms with E-state index in [0.29, 0.717) is 22.3 Å². The van der Waals surface area contributed by atoms with E-state index in [2.05, 4.69) is 54.3 Å². The smallest absolute Gasteiger partial charge is 0.159 e. The van der Waals surface area contributed by atoms with Crippen molar-refractivity contribution in [3.63, 3.8) is 0 Å². The topological polar surface area (TPSA) is 83.2 Å². The average molecular weight is 396 g/mol. The van der Waals surface area contributed by atoms with Crippen molar-refractivity contribution >= 4 is 34.6 Å². The number of benzene rings is 1. The van der Waals surface area contributed by atoms with Crippen LogP contribution in [0.4, 0.5) is 23.0 Å². The second-order valence-corrected chi connectivity index (χ2v) is 7.03. The molecule has 8 heteroatoms. The minimum Gasteiger partial charge on any atom is -0.393 e. The lowest BCUT2D eigenvalue weighted by molar-refractivity contribution is 0.249. The quantitative estimate of drug-likeness (QED) is 0.642. The Hall–Kier alpha value is -2.90. The van der Waals surface area contributed by atoms with E-state index in [1.165, 1.54) is 11.9 Å². The van der Waals surface area contributed by atoms with Crippen LogP contribution in [-0.2, 0) is 6.54 Å². The van der Waals surface area contributed by atoms with E-state index in [-0.39, 0.29) is 0 Å². The van der Waals surface area contributed by atoms with Crippen LogP contribution in [0.25, 0.3) is 0 Å². The van der Waals surface area contributed by atoms with E-state index in [1.807, 2.05) is 12.1 Å². The highest BCUT2D eigenvalue weighted by Gasteiger charge is 2.21. The number of piperazine rings is 1. The van der Waals surface area contributed by atoms with E-state index in [0.717, 1.165) is 38.5 Å². The Kier molecular flexibility index (Phi) is 5.55. The van der Waals surface area contributed by atoms with Gasteiger partial charge in [-0.05, 0) is 17.7 Å². The number of halogens is 1. The molecular weight excluding hydrogens is 374 g/mol. The fraction of sp³-hybridized carbons (Fsp3) is 0.250. The normalized spacial score (nSPS) is 14.8. The molecule has 0 amide bonds. The van der Waals surface area contributed by atoms with Crippen molar-refractivity contribution in [1.29, 1.82) is 0 Å². The van der Waals surface area contributed by atoms with Gasteiger partial charge in [0.1, 0.15) is 12.0 Å². The number of nitrogens with two attached hydrogens (primary N) is 1. The third kappa shape index (κ3) is 4.16. The summed E-state index contributed by atoms with van der Waals surface area (Å²) < 4.78 is 0. The second kappa shape index (κ2) is 8.41. The maximum atomic E-state index is 6.36. The number of aromatic nitrogens is 3. The molecule has 0 bridgehead atoms. The van der Waals surface area contributed by atoms with Gasteiger partial charge in [-0.1, -0.05) is 41.9 Å². The summed E-state index contributed by atoms with van der Waals surface area (Å²) in [5, 5.41) is 3.53. The Morgan fingerprint density at radius 1 is 0.964 bits per heavy atom. The summed E-state index contributed by atoms with van der Waals surface area (Å²) in [6.07, 6.45) is 3.16. The molecule has 0 saturated carbocycles. The Bertz CT molecular complexity index is 927. The van der Waals surface area contributed by atoms with E-state index < -0.39 is 0 Å². The predicted octanol–water partition coefficient (Wildman–Crippen LogP) is 3.17. The molecule has 3 heterocycles. The Morgan fingerprint density at radius 2 is 1.75 bits per heavy atom. The van der Waals surface area contributed by atoms with Crippen LogP contribution in [0.2, 0.25) is 5.15 Å². The van der Waals surface area contributed by atoms with Gasteiger partial charge in [-0.3, -0.25) is 4.90 Å². The molecule has 3 N–H and O–H groups in total. The van der Waals surface area contributed by atoms with Crippen molar-refractivity contribution in [2.24, 2.45) is 0 Å². The van der Waals surface area contributed by atoms with Gasteiger partial charge in [0.15, 0.2) is 16.8 Å². The first-order valence-corrected chi connectivity index (χ1v) is 9.58. The second-order valence-electron chi connectivity index (χ2n) is 6.68. The predicted molar refractivity (Wildman–Crippen MR) is 113 cm³/mol. The number of anilines is 4. The van der Waals surface area contributed by atoms with Gasteiger partial charge in [-0.2, -0.15) is 0 Å². The van der Waals surface area contributed by atoms with E-state index in [1.54, 1.807) is 12.3 Å². The van der Waals surface area contributed by atoms with Crippen molar-refractivity contribution in [2.75, 3.05) is 42.1 Å². The molecule has 2 aromatic heterocycles. The molecule has 3 aromatic rings. The molecule has 144 valence electrons. The van der Waals surface area contributed by atoms with Crippen LogP contribution < -0.4 is 16.0 Å². The van der Waals surface area contributed by atoms with Gasteiger partial charge in [0.2, 0.25) is 0 Å². The molecule has 28 heavy (non-hydrogen) atoms. The molecule has 1 aliphatic heterocycles. The highest BCUT2D eigenvalue weighted by Crippen LogP contribution is 2.30. The molecule has 0 atom stereocenters. The number of hydrogen-bond acceptors (Lipinski definition) is 7. The van der Waals surface area contributed by atoms with E-state index in [4.69, 9.17) is 17.3 Å². The fourth-order valence-corrected chi connectivity index (χ4v) is 3.47. The summed E-state index contributed by atoms with van der Waals surface area (Å²) in [6.45, 7) is 4.59. The molecule has 0 aliphatic carbocycles. The lowest BCUT2D eigenvalue weighted by Crippen LogP contribution is -2.46. The third-order valence-electron chi connectivity index (χ3n) is 4.80. The van der Waals surface area contributed by atoms with Crippen LogP contribution in [0.5, 0.6) is 0 Å². The van der Waals surface area contributed by atoms with Gasteiger partial charge in [-0.15, -0.1) is 0 Å². The number of hydrogen-bond donors (Lipinski definition) is 2. The standard InChI is InChI=1S/C20H22ClN7/c21-18-16(7-4-8-23-18)26-19-17(22)20(25-14-24-19)28-11-9-27(10-12-28)13-15-5-2-1-3-6-15/h1-8,14H,9-13,22H2,(H,24,25,26). The van der Waals surface area contributed by atoms with Crippen molar-refractivity contribution in [1.82, 2.24) is 19.9 Å². The molecule has 1 aliphatic rings. The molecule has 1 saturated heterocycles. The number of nitrogens with zero attached hydrogens (tertiary/aromatic N) is 5. The fourth-order valence-electron chi connectivity index (χ4n) is 3.30. The molecular formula is C20H22ClN7. The molecule has 1 aromatic carbocycles. The summed E-state index contributed by atoms with van der Waals surface area (Å²) >= 11 is 6.12. The summed E-state index contributed by atoms with van der Waals surface area (Å²) in [4.78, 5) is 17.4. The largest absolute Gasteiger partial charge is 0.393 e. The summed E-state index contributed by atoms with van der Waals surface area (Å²) in [6, 6.07) is 14.2. The zero-order valence-electron chi connectivity index (χ0n) is 15.4. The van der Waals surface area contributed by atoms with Gasteiger partial charge < -0.3 is 16.0 Å². The maximum Gasteiger partial charge on any atom is 0.159 e. The van der Waals surface area contributed by atoms with Crippen LogP contribution in [0.1, 0.15) is 5.56 Å². The molecule has 1 fully saturated rings. The number of nitrogen functional groups attached to an aromatic ring is 1. The van der Waals surface area contributed by atoms with Gasteiger partial charge in [0.25, 0.3) is 0 Å². The molecule has 0 spiro atoms. The molecule has 7 nitrogen and oxygen atoms in total. The summed E-state index contributed by atoms with van der Waals surface area (Å²) in [5.74, 6) is 1.28. The molecule has 4 rings (SSSR count). The lowest BCUT2D eigenvalue weighted by Gasteiger charge is -2.36. The zero-order valence-corrected chi connectivity index (χ0v) is 16.2. The van der Waals surface area contributed by atoms with E-state index >= 15 is 0 Å². The van der Waals surface area contributed by atoms with Gasteiger partial charge in [0, 0.05) is 38.9 Å². The first kappa shape index (κ1) is 18.5. The van der Waals surface area contributed by atoms with Crippen LogP contribution >= 0.6 is 11.6 Å². The first-order chi connectivity index (χ1) is 13.7. The highest BCUT2D eigenvalue weighted by molar-refractivity contribution is 6.32. The van der Waals surface area contributed by atoms with Crippen molar-refractivity contribution in [3.8, 4) is 0 Å². The Morgan fingerprint density at radius 3 is 2.50 bits per heavy atom. The van der Waals surface area contributed by atoms with Crippen LogP contribution in [-0.4, -0.2) is 46.0 Å². The zero-order chi connectivity index (χ0) is 19.3. The number of pyridine rings is 1. The maximum absolute atomic E-state index is 6.36. The monoisotopic (exact) mass is 395 g/mol. The molecule has 0 radical (unpaired) electrons. The number of nitrogens with one attached hydrogen (secondary N) is 1. The first-order valence-electron chi connectivity index (χ1n) is 9.20. The van der Waals surface area contributed by atoms with Crippen LogP contribution in [0.15, 0.2) is 55.0 Å². The minimum atomic E-state index is 0.372. The third-order valence-corrected chi connectivity index (χ3v) is 5.10. The minimum absolute atomic E-state index is 0.372. The Balaban J connectivity index is 1.43. The van der Waals surface area contributed by atoms with Gasteiger partial charge in [0.05, 0.1) is 5.69 Å². The highest BCUT2D eigenvalue weighted by atomic mass is 35.5. The average Bonchev–Trinajstić information content (AvgIpc) is 2.73. The van der Waals surface area contributed by atoms with Crippen molar-refractivity contribution in [2.45, 2.75) is 6.54 Å². The van der Waals surface area contributed by atoms with E-state index in [9.17, 15) is 0 Å². The summed E-state index contributed by atoms with van der Waals surface area (Å²) in [5.41, 5.74) is 8.87. The Labute approximate surface area is 169 Å². The van der Waals surface area contributed by atoms with Crippen molar-refractivity contribution in [3.05, 3.63) is 65.7 Å². The van der Waals surface area contributed by atoms with Crippen LogP contribution in [0.3, 0.4) is 0 Å². The summed E-state index contributed by atoms with van der Waals surface area (Å²) in [7, 11) is 0. The number of rotatable bonds is 5. The lowest BCUT2D eigenvalue weighted by atomic mass is 10.2. The molecule has 0 unspecified atom stereocenters.